The average Bonchev–Trinajstić information content (AvgIpc) is 1.53. The molecule has 10 nitrogen and oxygen atoms in total. The lowest BCUT2D eigenvalue weighted by atomic mass is 9.87. The third-order valence-corrected chi connectivity index (χ3v) is 18.3. The molecule has 4 amide bonds. The van der Waals surface area contributed by atoms with Crippen molar-refractivity contribution in [2.75, 3.05) is 9.80 Å². The molecule has 0 spiro atoms. The topological polar surface area (TPSA) is 134 Å². The van der Waals surface area contributed by atoms with Crippen molar-refractivity contribution in [2.24, 2.45) is 9.98 Å². The van der Waals surface area contributed by atoms with Crippen LogP contribution in [0.4, 0.5) is 22.7 Å². The van der Waals surface area contributed by atoms with Gasteiger partial charge in [-0.15, -0.1) is 0 Å². The van der Waals surface area contributed by atoms with Crippen LogP contribution in [0.2, 0.25) is 0 Å². The number of hydrogen-bond donors (Lipinski definition) is 0. The zero-order chi connectivity index (χ0) is 58.6. The van der Waals surface area contributed by atoms with Gasteiger partial charge < -0.3 is 0 Å². The minimum absolute atomic E-state index is 0.0759. The largest absolute Gasteiger partial charge is 0.268 e. The number of amides is 4. The fourth-order valence-corrected chi connectivity index (χ4v) is 14.2. The van der Waals surface area contributed by atoms with Crippen LogP contribution in [0.5, 0.6) is 0 Å². The molecule has 2 heterocycles. The van der Waals surface area contributed by atoms with Crippen molar-refractivity contribution >= 4 is 102 Å². The van der Waals surface area contributed by atoms with Crippen molar-refractivity contribution in [3.8, 4) is 44.5 Å². The second-order valence-electron chi connectivity index (χ2n) is 24.6. The number of aryl methyl sites for hydroxylation is 4. The number of imide groups is 2. The van der Waals surface area contributed by atoms with E-state index < -0.39 is 0 Å². The minimum atomic E-state index is -0.371. The normalized spacial score (nSPS) is 13.7. The van der Waals surface area contributed by atoms with Crippen molar-refractivity contribution in [2.45, 2.75) is 106 Å². The number of carbonyl (C=O) groups is 4. The van der Waals surface area contributed by atoms with Crippen LogP contribution >= 0.6 is 0 Å². The van der Waals surface area contributed by atoms with Crippen LogP contribution in [0, 0.1) is 13.8 Å². The summed E-state index contributed by atoms with van der Waals surface area (Å²) in [4.78, 5) is 92.8. The number of benzene rings is 10. The second kappa shape index (κ2) is 18.9. The van der Waals surface area contributed by atoms with Gasteiger partial charge in [-0.25, -0.2) is 19.4 Å². The summed E-state index contributed by atoms with van der Waals surface area (Å²) in [5, 5.41) is 7.69. The Bertz CT molecular complexity index is 4460. The van der Waals surface area contributed by atoms with Gasteiger partial charge in [-0.05, 0) is 244 Å². The molecule has 0 aromatic heterocycles. The monoisotopic (exact) mass is 1100 g/mol. The highest BCUT2D eigenvalue weighted by Gasteiger charge is 2.42. The summed E-state index contributed by atoms with van der Waals surface area (Å²) < 4.78 is 0. The first kappa shape index (κ1) is 52.4. The van der Waals surface area contributed by atoms with Crippen LogP contribution in [0.1, 0.15) is 165 Å². The summed E-state index contributed by atoms with van der Waals surface area (Å²) in [6.07, 6.45) is 4.96. The fourth-order valence-electron chi connectivity index (χ4n) is 14.2. The number of anilines is 2. The Labute approximate surface area is 486 Å². The van der Waals surface area contributed by atoms with Gasteiger partial charge in [0.15, 0.2) is 0 Å². The van der Waals surface area contributed by atoms with Gasteiger partial charge in [-0.1, -0.05) is 104 Å². The number of carbonyl (C=O) groups excluding carboxylic acids is 6. The van der Waals surface area contributed by atoms with Crippen molar-refractivity contribution in [1.82, 2.24) is 0 Å². The number of aliphatic imine (C=N–C) groups is 2. The molecule has 0 atom stereocenters. The molecule has 4 aliphatic rings. The minimum Gasteiger partial charge on any atom is -0.268 e. The molecular formula is C74H58N4O6. The van der Waals surface area contributed by atoms with E-state index in [1.807, 2.05) is 104 Å². The third kappa shape index (κ3) is 7.50. The Morgan fingerprint density at radius 3 is 0.857 bits per heavy atom. The summed E-state index contributed by atoms with van der Waals surface area (Å²) in [5.41, 5.74) is 20.2. The molecule has 0 fully saturated rings. The van der Waals surface area contributed by atoms with Gasteiger partial charge in [0.05, 0.1) is 22.7 Å². The van der Waals surface area contributed by atoms with Crippen LogP contribution in [0.3, 0.4) is 0 Å². The van der Waals surface area contributed by atoms with Gasteiger partial charge in [-0.3, -0.25) is 19.2 Å². The summed E-state index contributed by atoms with van der Waals surface area (Å²) in [7, 11) is 0. The molecule has 0 unspecified atom stereocenters. The number of fused-ring (bicyclic) bond motifs is 8. The molecule has 10 aromatic rings. The van der Waals surface area contributed by atoms with Gasteiger partial charge in [0.1, 0.15) is 0 Å². The lowest BCUT2D eigenvalue weighted by Gasteiger charge is -2.32. The van der Waals surface area contributed by atoms with Crippen LogP contribution in [-0.4, -0.2) is 35.8 Å². The van der Waals surface area contributed by atoms with E-state index in [4.69, 9.17) is 0 Å². The third-order valence-electron chi connectivity index (χ3n) is 18.3. The van der Waals surface area contributed by atoms with Crippen molar-refractivity contribution in [3.05, 3.63) is 188 Å². The van der Waals surface area contributed by atoms with Gasteiger partial charge in [0.2, 0.25) is 12.2 Å². The highest BCUT2D eigenvalue weighted by Crippen LogP contribution is 2.55. The molecule has 0 N–H and O–H groups in total. The molecule has 10 heteroatoms. The van der Waals surface area contributed by atoms with Gasteiger partial charge in [0, 0.05) is 33.0 Å². The van der Waals surface area contributed by atoms with E-state index in [2.05, 4.69) is 72.4 Å². The molecule has 2 aliphatic carbocycles. The quantitative estimate of drug-likeness (QED) is 0.0719. The number of nitrogens with zero attached hydrogens (tertiary/aromatic N) is 4. The van der Waals surface area contributed by atoms with E-state index >= 15 is 0 Å². The Morgan fingerprint density at radius 2 is 0.595 bits per heavy atom. The number of isocyanates is 2. The first-order valence-electron chi connectivity index (χ1n) is 29.0. The predicted molar refractivity (Wildman–Crippen MR) is 336 cm³/mol. The number of hydrogen-bond acceptors (Lipinski definition) is 8. The lowest BCUT2D eigenvalue weighted by Crippen LogP contribution is -2.41. The summed E-state index contributed by atoms with van der Waals surface area (Å²) >= 11 is 0. The standard InChI is InChI=1S/C74H58N4O6/c1-35(2)57-29-47(75-33-79)30-58(36(3)4)69(57)77-71(81)53-17-13-49-61-25-43-21-39(9)41(23-45(43)27-63(61)51-15-19-55(73(77)83)67(53)65(49)51)11-12-42-24-46-28-64-52-16-20-56-68-54(18-14-50(66(52)68)62(64)26-44(46)22-40(42)10)72(82)78(74(56)84)70-59(37(5)6)31-48(76-34-80)32-60(70)38(7)8/h13-32,35-38H,11-12H2,1-10H3. The molecule has 0 radical (unpaired) electrons. The molecule has 0 bridgehead atoms. The molecule has 2 aliphatic heterocycles. The zero-order valence-corrected chi connectivity index (χ0v) is 48.5. The van der Waals surface area contributed by atoms with Gasteiger partial charge >= 0.3 is 0 Å². The predicted octanol–water partition coefficient (Wildman–Crippen LogP) is 18.0. The Morgan fingerprint density at radius 1 is 0.345 bits per heavy atom. The first-order chi connectivity index (χ1) is 40.4. The van der Waals surface area contributed by atoms with Crippen molar-refractivity contribution in [1.29, 1.82) is 0 Å². The molecule has 410 valence electrons. The molecule has 0 saturated carbocycles. The SMILES string of the molecule is Cc1cc2cc3c(cc2cc1CCc1cc2cc4c(cc2cc1C)-c1ccc2c5c(ccc-4c15)C(=O)N(c1c(C(C)C)cc(N=C=O)cc1C(C)C)C2=O)-c1ccc2c4c(ccc-3c14)C(=O)N(c1c(C(C)C)cc(N=C=O)cc1C(C)C)C2=O. The van der Waals surface area contributed by atoms with E-state index in [1.54, 1.807) is 36.4 Å². The van der Waals surface area contributed by atoms with E-state index in [-0.39, 0.29) is 47.3 Å². The lowest BCUT2D eigenvalue weighted by molar-refractivity contribution is 0.0877. The molecule has 84 heavy (non-hydrogen) atoms. The highest BCUT2D eigenvalue weighted by atomic mass is 16.2. The maximum Gasteiger partial charge on any atom is 0.266 e. The molecule has 10 aromatic carbocycles. The summed E-state index contributed by atoms with van der Waals surface area (Å²) in [6, 6.07) is 41.1. The second-order valence-corrected chi connectivity index (χ2v) is 24.6. The Hall–Kier alpha value is -9.72. The Kier molecular flexibility index (Phi) is 11.8. The highest BCUT2D eigenvalue weighted by molar-refractivity contribution is 6.40. The fraction of sp³-hybridized carbons (Fsp3) is 0.216. The molecular weight excluding hydrogens is 1040 g/mol. The summed E-state index contributed by atoms with van der Waals surface area (Å²) in [5.74, 6) is -1.79. The van der Waals surface area contributed by atoms with E-state index in [1.165, 1.54) is 32.1 Å². The first-order valence-corrected chi connectivity index (χ1v) is 29.0. The van der Waals surface area contributed by atoms with Crippen LogP contribution in [0.15, 0.2) is 131 Å². The van der Waals surface area contributed by atoms with Gasteiger partial charge in [0.25, 0.3) is 23.6 Å². The van der Waals surface area contributed by atoms with Crippen molar-refractivity contribution in [3.63, 3.8) is 0 Å². The summed E-state index contributed by atoms with van der Waals surface area (Å²) in [6.45, 7) is 20.4. The molecule has 0 saturated heterocycles. The average molecular weight is 1100 g/mol. The van der Waals surface area contributed by atoms with Crippen LogP contribution in [0.25, 0.3) is 87.6 Å². The van der Waals surface area contributed by atoms with Crippen LogP contribution in [-0.2, 0) is 22.4 Å². The van der Waals surface area contributed by atoms with Crippen molar-refractivity contribution < 1.29 is 28.8 Å². The van der Waals surface area contributed by atoms with Gasteiger partial charge in [-0.2, -0.15) is 9.98 Å². The number of rotatable bonds is 11. The Balaban J connectivity index is 0.774. The van der Waals surface area contributed by atoms with E-state index in [0.29, 0.717) is 55.8 Å². The maximum atomic E-state index is 14.9. The van der Waals surface area contributed by atoms with E-state index in [0.717, 1.165) is 112 Å². The maximum absolute atomic E-state index is 14.9. The molecule has 14 rings (SSSR count). The van der Waals surface area contributed by atoms with Crippen LogP contribution < -0.4 is 9.80 Å². The van der Waals surface area contributed by atoms with E-state index in [9.17, 15) is 28.8 Å². The smallest absolute Gasteiger partial charge is 0.266 e. The zero-order valence-electron chi connectivity index (χ0n) is 48.5.